The van der Waals surface area contributed by atoms with Gasteiger partial charge in [0.15, 0.2) is 0 Å². The second-order valence-electron chi connectivity index (χ2n) is 7.39. The Kier molecular flexibility index (Phi) is 7.69. The number of amides is 2. The maximum atomic E-state index is 13.5. The quantitative estimate of drug-likeness (QED) is 0.650. The van der Waals surface area contributed by atoms with Crippen molar-refractivity contribution in [3.05, 3.63) is 59.9 Å². The summed E-state index contributed by atoms with van der Waals surface area (Å²) in [5.41, 5.74) is 1.02. The van der Waals surface area contributed by atoms with E-state index in [-0.39, 0.29) is 17.8 Å². The Morgan fingerprint density at radius 3 is 2.30 bits per heavy atom. The van der Waals surface area contributed by atoms with Gasteiger partial charge in [-0.1, -0.05) is 31.4 Å². The molecule has 0 saturated heterocycles. The SMILES string of the molecule is COc1ccc([C@H](C(=O)NC2CCCCC2)N(C(=O)CCl)c2ccc(F)cc2)cc1. The summed E-state index contributed by atoms with van der Waals surface area (Å²) >= 11 is 5.89. The van der Waals surface area contributed by atoms with Crippen LogP contribution in [0.25, 0.3) is 0 Å². The van der Waals surface area contributed by atoms with Crippen molar-refractivity contribution in [2.75, 3.05) is 17.9 Å². The maximum absolute atomic E-state index is 13.5. The molecule has 1 atom stereocenters. The fourth-order valence-corrected chi connectivity index (χ4v) is 3.96. The molecule has 0 bridgehead atoms. The molecule has 0 aromatic heterocycles. The Hall–Kier alpha value is -2.60. The number of hydrogen-bond acceptors (Lipinski definition) is 3. The predicted octanol–water partition coefficient (Wildman–Crippen LogP) is 4.60. The van der Waals surface area contributed by atoms with E-state index in [2.05, 4.69) is 5.32 Å². The molecule has 2 amide bonds. The lowest BCUT2D eigenvalue weighted by Crippen LogP contribution is -2.47. The van der Waals surface area contributed by atoms with Crippen LogP contribution in [-0.2, 0) is 9.59 Å². The van der Waals surface area contributed by atoms with Crippen LogP contribution in [0.1, 0.15) is 43.7 Å². The van der Waals surface area contributed by atoms with E-state index in [0.29, 0.717) is 17.0 Å². The number of nitrogens with one attached hydrogen (secondary N) is 1. The molecule has 1 saturated carbocycles. The number of alkyl halides is 1. The number of nitrogens with zero attached hydrogens (tertiary/aromatic N) is 1. The Balaban J connectivity index is 2.00. The second kappa shape index (κ2) is 10.4. The molecule has 160 valence electrons. The van der Waals surface area contributed by atoms with E-state index in [0.717, 1.165) is 25.7 Å². The van der Waals surface area contributed by atoms with Crippen LogP contribution in [0, 0.1) is 5.82 Å². The van der Waals surface area contributed by atoms with Crippen molar-refractivity contribution in [1.29, 1.82) is 0 Å². The molecule has 1 N–H and O–H groups in total. The minimum absolute atomic E-state index is 0.0770. The molecule has 2 aromatic rings. The lowest BCUT2D eigenvalue weighted by Gasteiger charge is -2.33. The van der Waals surface area contributed by atoms with E-state index in [1.807, 2.05) is 0 Å². The Labute approximate surface area is 181 Å². The third-order valence-electron chi connectivity index (χ3n) is 5.38. The summed E-state index contributed by atoms with van der Waals surface area (Å²) in [5, 5.41) is 3.11. The van der Waals surface area contributed by atoms with Crippen LogP contribution in [0.2, 0.25) is 0 Å². The number of benzene rings is 2. The molecule has 1 aliphatic rings. The summed E-state index contributed by atoms with van der Waals surface area (Å²) < 4.78 is 18.7. The Bertz CT molecular complexity index is 852. The molecule has 0 aliphatic heterocycles. The third kappa shape index (κ3) is 5.30. The first-order valence-electron chi connectivity index (χ1n) is 10.1. The summed E-state index contributed by atoms with van der Waals surface area (Å²) in [6, 6.07) is 11.6. The molecule has 2 aromatic carbocycles. The minimum Gasteiger partial charge on any atom is -0.497 e. The zero-order valence-electron chi connectivity index (χ0n) is 16.9. The Morgan fingerprint density at radius 2 is 1.73 bits per heavy atom. The standard InChI is InChI=1S/C23H26ClFN2O3/c1-30-20-13-7-16(8-14-20)22(23(29)26-18-5-3-2-4-6-18)27(21(28)15-24)19-11-9-17(25)10-12-19/h7-14,18,22H,2-6,15H2,1H3,(H,26,29)/t22-/m1/s1. The number of anilines is 1. The van der Waals surface area contributed by atoms with Gasteiger partial charge in [-0.15, -0.1) is 11.6 Å². The van der Waals surface area contributed by atoms with Crippen molar-refractivity contribution < 1.29 is 18.7 Å². The molecule has 5 nitrogen and oxygen atoms in total. The highest BCUT2D eigenvalue weighted by atomic mass is 35.5. The molecular formula is C23H26ClFN2O3. The van der Waals surface area contributed by atoms with Crippen LogP contribution < -0.4 is 15.0 Å². The molecule has 0 unspecified atom stereocenters. The lowest BCUT2D eigenvalue weighted by molar-refractivity contribution is -0.126. The highest BCUT2D eigenvalue weighted by Crippen LogP contribution is 2.30. The van der Waals surface area contributed by atoms with E-state index < -0.39 is 17.8 Å². The van der Waals surface area contributed by atoms with Gasteiger partial charge in [-0.2, -0.15) is 0 Å². The molecule has 30 heavy (non-hydrogen) atoms. The van der Waals surface area contributed by atoms with Gasteiger partial charge in [0.05, 0.1) is 7.11 Å². The molecule has 3 rings (SSSR count). The monoisotopic (exact) mass is 432 g/mol. The fourth-order valence-electron chi connectivity index (χ4n) is 3.83. The van der Waals surface area contributed by atoms with Gasteiger partial charge in [-0.05, 0) is 54.8 Å². The smallest absolute Gasteiger partial charge is 0.248 e. The zero-order valence-corrected chi connectivity index (χ0v) is 17.7. The summed E-state index contributed by atoms with van der Waals surface area (Å²) in [4.78, 5) is 27.6. The normalized spacial score (nSPS) is 15.3. The average molecular weight is 433 g/mol. The second-order valence-corrected chi connectivity index (χ2v) is 7.66. The topological polar surface area (TPSA) is 58.6 Å². The first-order valence-corrected chi connectivity index (χ1v) is 10.6. The number of rotatable bonds is 7. The number of halogens is 2. The largest absolute Gasteiger partial charge is 0.497 e. The summed E-state index contributed by atoms with van der Waals surface area (Å²) in [7, 11) is 1.56. The lowest BCUT2D eigenvalue weighted by atomic mass is 9.94. The molecule has 0 heterocycles. The molecular weight excluding hydrogens is 407 g/mol. The van der Waals surface area contributed by atoms with Crippen molar-refractivity contribution >= 4 is 29.1 Å². The van der Waals surface area contributed by atoms with Gasteiger partial charge in [0.25, 0.3) is 0 Å². The van der Waals surface area contributed by atoms with Gasteiger partial charge < -0.3 is 10.1 Å². The van der Waals surface area contributed by atoms with Gasteiger partial charge >= 0.3 is 0 Å². The van der Waals surface area contributed by atoms with Crippen LogP contribution in [-0.4, -0.2) is 30.8 Å². The molecule has 0 spiro atoms. The van der Waals surface area contributed by atoms with Crippen molar-refractivity contribution in [3.8, 4) is 5.75 Å². The minimum atomic E-state index is -0.936. The van der Waals surface area contributed by atoms with E-state index in [1.165, 1.54) is 35.6 Å². The van der Waals surface area contributed by atoms with Crippen molar-refractivity contribution in [2.45, 2.75) is 44.2 Å². The first kappa shape index (κ1) is 22.1. The number of methoxy groups -OCH3 is 1. The van der Waals surface area contributed by atoms with Crippen LogP contribution in [0.5, 0.6) is 5.75 Å². The number of carbonyl (C=O) groups excluding carboxylic acids is 2. The summed E-state index contributed by atoms with van der Waals surface area (Å²) in [5.74, 6) is -0.814. The molecule has 1 fully saturated rings. The average Bonchev–Trinajstić information content (AvgIpc) is 2.78. The number of carbonyl (C=O) groups is 2. The summed E-state index contributed by atoms with van der Waals surface area (Å²) in [6.07, 6.45) is 5.14. The van der Waals surface area contributed by atoms with Crippen molar-refractivity contribution in [2.24, 2.45) is 0 Å². The van der Waals surface area contributed by atoms with Gasteiger partial charge in [-0.25, -0.2) is 4.39 Å². The molecule has 7 heteroatoms. The highest BCUT2D eigenvalue weighted by molar-refractivity contribution is 6.29. The molecule has 0 radical (unpaired) electrons. The third-order valence-corrected chi connectivity index (χ3v) is 5.61. The van der Waals surface area contributed by atoms with Crippen LogP contribution in [0.4, 0.5) is 10.1 Å². The Morgan fingerprint density at radius 1 is 1.10 bits per heavy atom. The van der Waals surface area contributed by atoms with Gasteiger partial charge in [0.1, 0.15) is 23.5 Å². The summed E-state index contributed by atoms with van der Waals surface area (Å²) in [6.45, 7) is 0. The number of hydrogen-bond donors (Lipinski definition) is 1. The van der Waals surface area contributed by atoms with Gasteiger partial charge in [-0.3, -0.25) is 14.5 Å². The van der Waals surface area contributed by atoms with E-state index in [9.17, 15) is 14.0 Å². The van der Waals surface area contributed by atoms with Crippen molar-refractivity contribution in [3.63, 3.8) is 0 Å². The van der Waals surface area contributed by atoms with Crippen LogP contribution in [0.15, 0.2) is 48.5 Å². The van der Waals surface area contributed by atoms with E-state index in [4.69, 9.17) is 16.3 Å². The van der Waals surface area contributed by atoms with E-state index in [1.54, 1.807) is 31.4 Å². The predicted molar refractivity (Wildman–Crippen MR) is 115 cm³/mol. The van der Waals surface area contributed by atoms with Crippen molar-refractivity contribution in [1.82, 2.24) is 5.32 Å². The maximum Gasteiger partial charge on any atom is 0.248 e. The molecule has 1 aliphatic carbocycles. The van der Waals surface area contributed by atoms with Gasteiger partial charge in [0.2, 0.25) is 11.8 Å². The first-order chi connectivity index (χ1) is 14.5. The zero-order chi connectivity index (χ0) is 21.5. The van der Waals surface area contributed by atoms with Crippen LogP contribution in [0.3, 0.4) is 0 Å². The van der Waals surface area contributed by atoms with Gasteiger partial charge in [0, 0.05) is 11.7 Å². The number of ether oxygens (including phenoxy) is 1. The van der Waals surface area contributed by atoms with E-state index >= 15 is 0 Å². The highest BCUT2D eigenvalue weighted by Gasteiger charge is 2.33. The fraction of sp³-hybridized carbons (Fsp3) is 0.391. The van der Waals surface area contributed by atoms with Crippen LogP contribution >= 0.6 is 11.6 Å².